The second-order valence-corrected chi connectivity index (χ2v) is 8.56. The van der Waals surface area contributed by atoms with Gasteiger partial charge in [-0.25, -0.2) is 4.79 Å². The second kappa shape index (κ2) is 11.3. The van der Waals surface area contributed by atoms with Crippen LogP contribution in [0.25, 0.3) is 0 Å². The Balaban J connectivity index is 2.04. The number of carbonyl (C=O) groups excluding carboxylic acids is 3. The number of allylic oxidation sites excluding steroid dienone is 3. The number of esters is 2. The number of hydrogen-bond acceptors (Lipinski definition) is 8. The second-order valence-electron chi connectivity index (χ2n) is 8.56. The van der Waals surface area contributed by atoms with Crippen molar-refractivity contribution < 1.29 is 33.3 Å². The third-order valence-electron chi connectivity index (χ3n) is 6.20. The van der Waals surface area contributed by atoms with Crippen molar-refractivity contribution in [3.63, 3.8) is 0 Å². The molecule has 1 aliphatic heterocycles. The van der Waals surface area contributed by atoms with E-state index in [0.717, 1.165) is 6.42 Å². The topological polar surface area (TPSA) is 100 Å². The quantitative estimate of drug-likeness (QED) is 0.333. The summed E-state index contributed by atoms with van der Waals surface area (Å²) in [5.74, 6) is -2.74. The zero-order valence-electron chi connectivity index (χ0n) is 20.4. The average molecular weight is 472 g/mol. The predicted molar refractivity (Wildman–Crippen MR) is 125 cm³/mol. The molecule has 1 N–H and O–H groups in total. The van der Waals surface area contributed by atoms with Gasteiger partial charge in [-0.1, -0.05) is 26.0 Å². The van der Waals surface area contributed by atoms with Crippen LogP contribution in [0.15, 0.2) is 46.8 Å². The van der Waals surface area contributed by atoms with Gasteiger partial charge in [0.2, 0.25) is 0 Å². The molecule has 0 fully saturated rings. The minimum atomic E-state index is -0.934. The van der Waals surface area contributed by atoms with E-state index in [9.17, 15) is 14.4 Å². The number of ether oxygens (including phenoxy) is 4. The van der Waals surface area contributed by atoms with E-state index >= 15 is 0 Å². The molecule has 184 valence electrons. The summed E-state index contributed by atoms with van der Waals surface area (Å²) in [6.45, 7) is 6.63. The van der Waals surface area contributed by atoms with Gasteiger partial charge in [0.1, 0.15) is 18.3 Å². The summed E-state index contributed by atoms with van der Waals surface area (Å²) in [6.07, 6.45) is 1.35. The number of methoxy groups -OCH3 is 2. The van der Waals surface area contributed by atoms with Crippen LogP contribution >= 0.6 is 0 Å². The number of rotatable bonds is 9. The molecule has 8 heteroatoms. The molecule has 0 radical (unpaired) electrons. The molecule has 3 atom stereocenters. The average Bonchev–Trinajstić information content (AvgIpc) is 2.82. The van der Waals surface area contributed by atoms with Crippen LogP contribution in [0.3, 0.4) is 0 Å². The van der Waals surface area contributed by atoms with E-state index in [1.165, 1.54) is 7.11 Å². The lowest BCUT2D eigenvalue weighted by atomic mass is 9.69. The van der Waals surface area contributed by atoms with Crippen LogP contribution in [0.1, 0.15) is 45.1 Å². The third-order valence-corrected chi connectivity index (χ3v) is 6.20. The Labute approximate surface area is 200 Å². The molecular weight excluding hydrogens is 438 g/mol. The van der Waals surface area contributed by atoms with Gasteiger partial charge in [-0.3, -0.25) is 9.59 Å². The summed E-state index contributed by atoms with van der Waals surface area (Å²) in [7, 11) is 2.83. The van der Waals surface area contributed by atoms with Gasteiger partial charge < -0.3 is 24.3 Å². The standard InChI is InChI=1S/C26H33NO7/c1-6-10-33-11-12-34-26(30)21-16(3)27-19-13-15(2)20(25(29)32-5)24(28)23(19)22(21)17-8-7-9-18(14-17)31-4/h7-9,14-15,20,22,27H,6,10-13H2,1-5H3/t15-,20-,22+/m0/s1. The zero-order chi connectivity index (χ0) is 24.8. The molecule has 34 heavy (non-hydrogen) atoms. The van der Waals surface area contributed by atoms with E-state index in [1.807, 2.05) is 19.9 Å². The van der Waals surface area contributed by atoms with Gasteiger partial charge in [0.05, 0.1) is 26.4 Å². The van der Waals surface area contributed by atoms with E-state index in [1.54, 1.807) is 32.2 Å². The van der Waals surface area contributed by atoms with Crippen LogP contribution < -0.4 is 10.1 Å². The maximum Gasteiger partial charge on any atom is 0.336 e. The van der Waals surface area contributed by atoms with Crippen molar-refractivity contribution in [2.75, 3.05) is 34.0 Å². The van der Waals surface area contributed by atoms with Gasteiger partial charge in [0, 0.05) is 29.5 Å². The van der Waals surface area contributed by atoms with Gasteiger partial charge in [0.25, 0.3) is 0 Å². The van der Waals surface area contributed by atoms with E-state index in [-0.39, 0.29) is 24.9 Å². The maximum atomic E-state index is 13.7. The van der Waals surface area contributed by atoms with Crippen LogP contribution in [0, 0.1) is 11.8 Å². The number of carbonyl (C=O) groups is 3. The highest BCUT2D eigenvalue weighted by Gasteiger charge is 2.47. The summed E-state index contributed by atoms with van der Waals surface area (Å²) < 4.78 is 21.3. The molecule has 1 aromatic carbocycles. The number of nitrogens with one attached hydrogen (secondary N) is 1. The largest absolute Gasteiger partial charge is 0.497 e. The molecule has 8 nitrogen and oxygen atoms in total. The first-order valence-corrected chi connectivity index (χ1v) is 11.6. The van der Waals surface area contributed by atoms with Crippen molar-refractivity contribution in [1.29, 1.82) is 0 Å². The van der Waals surface area contributed by atoms with Crippen LogP contribution in [0.5, 0.6) is 5.75 Å². The van der Waals surface area contributed by atoms with Crippen molar-refractivity contribution in [2.24, 2.45) is 11.8 Å². The highest BCUT2D eigenvalue weighted by molar-refractivity contribution is 6.12. The number of benzene rings is 1. The predicted octanol–water partition coefficient (Wildman–Crippen LogP) is 3.28. The minimum absolute atomic E-state index is 0.0993. The highest BCUT2D eigenvalue weighted by atomic mass is 16.6. The fourth-order valence-corrected chi connectivity index (χ4v) is 4.62. The first-order valence-electron chi connectivity index (χ1n) is 11.6. The summed E-state index contributed by atoms with van der Waals surface area (Å²) in [6, 6.07) is 7.24. The smallest absolute Gasteiger partial charge is 0.336 e. The molecule has 1 aliphatic carbocycles. The van der Waals surface area contributed by atoms with E-state index in [0.29, 0.717) is 46.9 Å². The Morgan fingerprint density at radius 2 is 1.91 bits per heavy atom. The summed E-state index contributed by atoms with van der Waals surface area (Å²) in [5, 5.41) is 3.25. The van der Waals surface area contributed by atoms with Crippen molar-refractivity contribution in [2.45, 2.75) is 39.5 Å². The zero-order valence-corrected chi connectivity index (χ0v) is 20.4. The summed E-state index contributed by atoms with van der Waals surface area (Å²) in [5.41, 5.74) is 2.75. The van der Waals surface area contributed by atoms with E-state index in [2.05, 4.69) is 5.32 Å². The Morgan fingerprint density at radius 1 is 1.15 bits per heavy atom. The van der Waals surface area contributed by atoms with Crippen molar-refractivity contribution in [3.05, 3.63) is 52.4 Å². The van der Waals surface area contributed by atoms with Gasteiger partial charge in [-0.05, 0) is 43.4 Å². The number of ketones is 1. The molecule has 1 aromatic rings. The van der Waals surface area contributed by atoms with E-state index < -0.39 is 23.8 Å². The lowest BCUT2D eigenvalue weighted by Gasteiger charge is -2.38. The van der Waals surface area contributed by atoms with Crippen LogP contribution in [0.4, 0.5) is 0 Å². The lowest BCUT2D eigenvalue weighted by Crippen LogP contribution is -2.43. The highest BCUT2D eigenvalue weighted by Crippen LogP contribution is 2.45. The molecule has 3 rings (SSSR count). The van der Waals surface area contributed by atoms with Gasteiger partial charge in [-0.2, -0.15) is 0 Å². The molecular formula is C26H33NO7. The van der Waals surface area contributed by atoms with Crippen LogP contribution in [0.2, 0.25) is 0 Å². The molecule has 0 aromatic heterocycles. The molecule has 1 heterocycles. The molecule has 2 aliphatic rings. The Kier molecular flexibility index (Phi) is 8.50. The van der Waals surface area contributed by atoms with Crippen molar-refractivity contribution >= 4 is 17.7 Å². The Bertz CT molecular complexity index is 1010. The van der Waals surface area contributed by atoms with Crippen molar-refractivity contribution in [1.82, 2.24) is 5.32 Å². The third kappa shape index (κ3) is 5.17. The first kappa shape index (κ1) is 25.5. The Morgan fingerprint density at radius 3 is 2.59 bits per heavy atom. The van der Waals surface area contributed by atoms with Crippen LogP contribution in [-0.4, -0.2) is 51.8 Å². The van der Waals surface area contributed by atoms with Crippen molar-refractivity contribution in [3.8, 4) is 5.75 Å². The molecule has 0 saturated heterocycles. The van der Waals surface area contributed by atoms with Gasteiger partial charge >= 0.3 is 11.9 Å². The SMILES string of the molecule is CCCOCCOC(=O)C1=C(C)NC2=C(C(=O)[C@@H](C(=O)OC)[C@@H](C)C2)[C@@H]1c1cccc(OC)c1. The number of hydrogen-bond donors (Lipinski definition) is 1. The fourth-order valence-electron chi connectivity index (χ4n) is 4.62. The van der Waals surface area contributed by atoms with Crippen LogP contribution in [-0.2, 0) is 28.6 Å². The van der Waals surface area contributed by atoms with Gasteiger partial charge in [-0.15, -0.1) is 0 Å². The maximum absolute atomic E-state index is 13.7. The van der Waals surface area contributed by atoms with Gasteiger partial charge in [0.15, 0.2) is 5.78 Å². The van der Waals surface area contributed by atoms with E-state index in [4.69, 9.17) is 18.9 Å². The number of Topliss-reactive ketones (excluding diaryl/α,β-unsaturated/α-hetero) is 1. The molecule has 0 bridgehead atoms. The molecule has 0 unspecified atom stereocenters. The first-order chi connectivity index (χ1) is 16.3. The fraction of sp³-hybridized carbons (Fsp3) is 0.500. The summed E-state index contributed by atoms with van der Waals surface area (Å²) in [4.78, 5) is 39.4. The summed E-state index contributed by atoms with van der Waals surface area (Å²) >= 11 is 0. The minimum Gasteiger partial charge on any atom is -0.497 e. The molecule has 0 amide bonds. The molecule has 0 spiro atoms. The Hall–Kier alpha value is -3.13. The number of dihydropyridines is 1. The normalized spacial score (nSPS) is 22.1. The lowest BCUT2D eigenvalue weighted by molar-refractivity contribution is -0.151. The molecule has 0 saturated carbocycles. The monoisotopic (exact) mass is 471 g/mol.